The Morgan fingerprint density at radius 3 is 2.82 bits per heavy atom. The molecule has 0 spiro atoms. The number of carbonyl (C=O) groups excluding carboxylic acids is 2. The minimum Gasteiger partial charge on any atom is -0.497 e. The van der Waals surface area contributed by atoms with Gasteiger partial charge in [-0.1, -0.05) is 18.2 Å². The number of ether oxygens (including phenoxy) is 2. The van der Waals surface area contributed by atoms with Gasteiger partial charge in [-0.15, -0.1) is 11.8 Å². The van der Waals surface area contributed by atoms with E-state index in [9.17, 15) is 9.59 Å². The van der Waals surface area contributed by atoms with E-state index in [1.165, 1.54) is 11.8 Å². The topological polar surface area (TPSA) is 76.7 Å². The number of hydrogen-bond acceptors (Lipinski definition) is 5. The third-order valence-corrected chi connectivity index (χ3v) is 5.87. The average molecular weight is 401 g/mol. The fourth-order valence-corrected chi connectivity index (χ4v) is 4.14. The Kier molecular flexibility index (Phi) is 6.81. The number of thioether (sulfide) groups is 1. The Morgan fingerprint density at radius 2 is 2.04 bits per heavy atom. The fourth-order valence-electron chi connectivity index (χ4n) is 3.06. The van der Waals surface area contributed by atoms with Gasteiger partial charge < -0.3 is 20.1 Å². The van der Waals surface area contributed by atoms with E-state index in [0.29, 0.717) is 29.4 Å². The second-order valence-electron chi connectivity index (χ2n) is 6.41. The van der Waals surface area contributed by atoms with Crippen molar-refractivity contribution in [2.75, 3.05) is 30.6 Å². The van der Waals surface area contributed by atoms with Gasteiger partial charge in [0.2, 0.25) is 11.8 Å². The summed E-state index contributed by atoms with van der Waals surface area (Å²) in [6, 6.07) is 13.1. The molecule has 0 radical (unpaired) electrons. The molecule has 0 saturated carbocycles. The van der Waals surface area contributed by atoms with Crippen LogP contribution in [-0.2, 0) is 16.0 Å². The molecule has 6 nitrogen and oxygen atoms in total. The van der Waals surface area contributed by atoms with E-state index < -0.39 is 0 Å². The molecule has 1 aliphatic rings. The largest absolute Gasteiger partial charge is 0.497 e. The second kappa shape index (κ2) is 9.50. The van der Waals surface area contributed by atoms with Crippen LogP contribution in [0.2, 0.25) is 0 Å². The van der Waals surface area contributed by atoms with Gasteiger partial charge >= 0.3 is 0 Å². The highest BCUT2D eigenvalue weighted by Crippen LogP contribution is 2.30. The minimum atomic E-state index is -0.157. The van der Waals surface area contributed by atoms with E-state index in [0.717, 1.165) is 24.1 Å². The maximum atomic E-state index is 12.4. The molecule has 3 rings (SSSR count). The number of hydrogen-bond donors (Lipinski definition) is 2. The fraction of sp³-hybridized carbons (Fsp3) is 0.333. The number of rotatable bonds is 7. The highest BCUT2D eigenvalue weighted by molar-refractivity contribution is 8.00. The molecule has 0 fully saturated rings. The lowest BCUT2D eigenvalue weighted by molar-refractivity contribution is -0.116. The van der Waals surface area contributed by atoms with Crippen LogP contribution in [0.15, 0.2) is 42.5 Å². The molecular formula is C21H24N2O4S. The van der Waals surface area contributed by atoms with Crippen molar-refractivity contribution in [3.8, 4) is 11.5 Å². The van der Waals surface area contributed by atoms with Crippen LogP contribution in [-0.4, -0.2) is 37.0 Å². The summed E-state index contributed by atoms with van der Waals surface area (Å²) in [7, 11) is 3.12. The Balaban J connectivity index is 1.50. The van der Waals surface area contributed by atoms with Gasteiger partial charge in [-0.3, -0.25) is 9.59 Å². The van der Waals surface area contributed by atoms with Gasteiger partial charge in [0.25, 0.3) is 0 Å². The molecule has 28 heavy (non-hydrogen) atoms. The summed E-state index contributed by atoms with van der Waals surface area (Å²) in [6.45, 7) is 0. The van der Waals surface area contributed by atoms with Crippen LogP contribution in [0.3, 0.4) is 0 Å². The van der Waals surface area contributed by atoms with Gasteiger partial charge in [-0.05, 0) is 36.6 Å². The smallest absolute Gasteiger partial charge is 0.237 e. The third kappa shape index (κ3) is 4.98. The van der Waals surface area contributed by atoms with Crippen LogP contribution in [0.25, 0.3) is 0 Å². The summed E-state index contributed by atoms with van der Waals surface area (Å²) >= 11 is 1.52. The number of para-hydroxylation sites is 1. The van der Waals surface area contributed by atoms with Crippen LogP contribution in [0.4, 0.5) is 11.4 Å². The van der Waals surface area contributed by atoms with Gasteiger partial charge in [-0.25, -0.2) is 0 Å². The highest BCUT2D eigenvalue weighted by atomic mass is 32.2. The molecule has 0 bridgehead atoms. The number of fused-ring (bicyclic) bond motifs is 1. The lowest BCUT2D eigenvalue weighted by Crippen LogP contribution is -2.24. The lowest BCUT2D eigenvalue weighted by atomic mass is 10.1. The maximum absolute atomic E-state index is 12.4. The number of nitrogens with one attached hydrogen (secondary N) is 2. The Hall–Kier alpha value is -2.67. The van der Waals surface area contributed by atoms with Crippen molar-refractivity contribution in [3.05, 3.63) is 48.0 Å². The molecule has 2 aromatic carbocycles. The standard InChI is InChI=1S/C21H24N2O4S/c1-26-15-8-9-17(18(13-15)27-2)22-20(24)11-12-28-19-10-7-14-5-3-4-6-16(14)23-21(19)25/h3-6,8-9,13,19H,7,10-12H2,1-2H3,(H,22,24)(H,23,25)/t19-/m1/s1. The Morgan fingerprint density at radius 1 is 1.21 bits per heavy atom. The van der Waals surface area contributed by atoms with Gasteiger partial charge in [-0.2, -0.15) is 0 Å². The van der Waals surface area contributed by atoms with Crippen molar-refractivity contribution in [2.24, 2.45) is 0 Å². The quantitative estimate of drug-likeness (QED) is 0.741. The van der Waals surface area contributed by atoms with E-state index in [1.807, 2.05) is 24.3 Å². The van der Waals surface area contributed by atoms with Crippen LogP contribution in [0, 0.1) is 0 Å². The SMILES string of the molecule is COc1ccc(NC(=O)CCS[C@@H]2CCc3ccccc3NC2=O)c(OC)c1. The maximum Gasteiger partial charge on any atom is 0.237 e. The first-order chi connectivity index (χ1) is 13.6. The van der Waals surface area contributed by atoms with Gasteiger partial charge in [0, 0.05) is 23.9 Å². The van der Waals surface area contributed by atoms with Crippen LogP contribution in [0.5, 0.6) is 11.5 Å². The molecule has 0 unspecified atom stereocenters. The molecule has 2 amide bonds. The molecule has 2 aromatic rings. The number of carbonyl (C=O) groups is 2. The second-order valence-corrected chi connectivity index (χ2v) is 7.72. The Labute approximate surface area is 169 Å². The van der Waals surface area contributed by atoms with E-state index in [2.05, 4.69) is 10.6 Å². The summed E-state index contributed by atoms with van der Waals surface area (Å²) in [6.07, 6.45) is 1.93. The molecule has 0 aliphatic carbocycles. The first-order valence-electron chi connectivity index (χ1n) is 9.13. The molecule has 2 N–H and O–H groups in total. The van der Waals surface area contributed by atoms with Gasteiger partial charge in [0.05, 0.1) is 25.2 Å². The zero-order valence-electron chi connectivity index (χ0n) is 16.0. The lowest BCUT2D eigenvalue weighted by Gasteiger charge is -2.14. The van der Waals surface area contributed by atoms with E-state index in [-0.39, 0.29) is 17.1 Å². The van der Waals surface area contributed by atoms with Gasteiger partial charge in [0.1, 0.15) is 11.5 Å². The van der Waals surface area contributed by atoms with E-state index in [1.54, 1.807) is 32.4 Å². The van der Waals surface area contributed by atoms with Crippen molar-refractivity contribution in [2.45, 2.75) is 24.5 Å². The molecule has 7 heteroatoms. The number of aryl methyl sites for hydroxylation is 1. The van der Waals surface area contributed by atoms with Crippen LogP contribution in [0.1, 0.15) is 18.4 Å². The molecule has 148 valence electrons. The first kappa shape index (κ1) is 20.1. The van der Waals surface area contributed by atoms with Crippen molar-refractivity contribution < 1.29 is 19.1 Å². The molecule has 0 saturated heterocycles. The molecular weight excluding hydrogens is 376 g/mol. The summed E-state index contributed by atoms with van der Waals surface area (Å²) in [5.74, 6) is 1.66. The van der Waals surface area contributed by atoms with Gasteiger partial charge in [0.15, 0.2) is 0 Å². The van der Waals surface area contributed by atoms with Crippen LogP contribution < -0.4 is 20.1 Å². The molecule has 0 aromatic heterocycles. The average Bonchev–Trinajstić information content (AvgIpc) is 2.87. The van der Waals surface area contributed by atoms with E-state index in [4.69, 9.17) is 9.47 Å². The minimum absolute atomic E-state index is 0.00665. The van der Waals surface area contributed by atoms with E-state index >= 15 is 0 Å². The highest BCUT2D eigenvalue weighted by Gasteiger charge is 2.23. The summed E-state index contributed by atoms with van der Waals surface area (Å²) in [4.78, 5) is 24.7. The molecule has 1 heterocycles. The van der Waals surface area contributed by atoms with Crippen molar-refractivity contribution in [3.63, 3.8) is 0 Å². The number of benzene rings is 2. The predicted octanol–water partition coefficient (Wildman–Crippen LogP) is 3.72. The number of methoxy groups -OCH3 is 2. The normalized spacial score (nSPS) is 15.8. The Bertz CT molecular complexity index is 856. The summed E-state index contributed by atoms with van der Waals surface area (Å²) < 4.78 is 10.5. The monoisotopic (exact) mass is 400 g/mol. The number of amides is 2. The molecule has 1 atom stereocenters. The summed E-state index contributed by atoms with van der Waals surface area (Å²) in [5, 5.41) is 5.69. The van der Waals surface area contributed by atoms with Crippen LogP contribution >= 0.6 is 11.8 Å². The first-order valence-corrected chi connectivity index (χ1v) is 10.2. The van der Waals surface area contributed by atoms with Crippen molar-refractivity contribution >= 4 is 35.0 Å². The number of anilines is 2. The zero-order chi connectivity index (χ0) is 19.9. The summed E-state index contributed by atoms with van der Waals surface area (Å²) in [5.41, 5.74) is 2.64. The molecule has 1 aliphatic heterocycles. The third-order valence-electron chi connectivity index (χ3n) is 4.57. The zero-order valence-corrected chi connectivity index (χ0v) is 16.8. The van der Waals surface area contributed by atoms with Crippen molar-refractivity contribution in [1.82, 2.24) is 0 Å². The predicted molar refractivity (Wildman–Crippen MR) is 112 cm³/mol. The van der Waals surface area contributed by atoms with Crippen molar-refractivity contribution in [1.29, 1.82) is 0 Å².